The first-order chi connectivity index (χ1) is 5.66. The van der Waals surface area contributed by atoms with E-state index < -0.39 is 0 Å². The maximum absolute atomic E-state index is 4.52. The molecule has 0 unspecified atom stereocenters. The fraction of sp³-hybridized carbons (Fsp3) is 0.500. The molecule has 0 bridgehead atoms. The molecule has 2 rings (SSSR count). The van der Waals surface area contributed by atoms with Crippen LogP contribution in [0.1, 0.15) is 22.5 Å². The Hall–Kier alpha value is -0.890. The fourth-order valence-electron chi connectivity index (χ4n) is 1.87. The van der Waals surface area contributed by atoms with Gasteiger partial charge in [-0.3, -0.25) is 9.88 Å². The molecule has 0 atom stereocenters. The van der Waals surface area contributed by atoms with Gasteiger partial charge in [-0.05, 0) is 38.1 Å². The predicted molar refractivity (Wildman–Crippen MR) is 48.9 cm³/mol. The quantitative estimate of drug-likeness (QED) is 0.576. The van der Waals surface area contributed by atoms with E-state index in [0.717, 1.165) is 18.8 Å². The second kappa shape index (κ2) is 2.56. The van der Waals surface area contributed by atoms with Gasteiger partial charge in [0, 0.05) is 18.8 Å². The van der Waals surface area contributed by atoms with Crippen molar-refractivity contribution in [3.05, 3.63) is 28.6 Å². The fourth-order valence-corrected chi connectivity index (χ4v) is 1.87. The summed E-state index contributed by atoms with van der Waals surface area (Å²) in [5.41, 5.74) is 5.24. The largest absolute Gasteiger partial charge is 0.296 e. The second-order valence-corrected chi connectivity index (χ2v) is 3.68. The Bertz CT molecular complexity index is 318. The summed E-state index contributed by atoms with van der Waals surface area (Å²) in [6.07, 6.45) is 0. The Morgan fingerprint density at radius 2 is 2.08 bits per heavy atom. The molecule has 1 aliphatic rings. The summed E-state index contributed by atoms with van der Waals surface area (Å²) in [6.45, 7) is 6.31. The lowest BCUT2D eigenvalue weighted by Crippen LogP contribution is -2.07. The molecule has 0 saturated heterocycles. The Labute approximate surface area is 73.2 Å². The van der Waals surface area contributed by atoms with Gasteiger partial charge in [0.25, 0.3) is 0 Å². The predicted octanol–water partition coefficient (Wildman–Crippen LogP) is 1.64. The van der Waals surface area contributed by atoms with Crippen LogP contribution < -0.4 is 0 Å². The van der Waals surface area contributed by atoms with Crippen molar-refractivity contribution < 1.29 is 0 Å². The average Bonchev–Trinajstić information content (AvgIpc) is 2.29. The van der Waals surface area contributed by atoms with Crippen molar-refractivity contribution in [2.24, 2.45) is 0 Å². The molecule has 0 amide bonds. The highest BCUT2D eigenvalue weighted by atomic mass is 15.1. The van der Waals surface area contributed by atoms with E-state index in [-0.39, 0.29) is 0 Å². The summed E-state index contributed by atoms with van der Waals surface area (Å²) in [5, 5.41) is 0. The van der Waals surface area contributed by atoms with Crippen LogP contribution in [0.4, 0.5) is 0 Å². The molecule has 0 N–H and O–H groups in total. The minimum absolute atomic E-state index is 1.01. The van der Waals surface area contributed by atoms with Crippen LogP contribution >= 0.6 is 0 Å². The van der Waals surface area contributed by atoms with Gasteiger partial charge in [0.1, 0.15) is 0 Å². The third-order valence-corrected chi connectivity index (χ3v) is 2.41. The second-order valence-electron chi connectivity index (χ2n) is 3.68. The highest BCUT2D eigenvalue weighted by Crippen LogP contribution is 2.22. The van der Waals surface area contributed by atoms with Crippen LogP contribution in [0.2, 0.25) is 0 Å². The first-order valence-corrected chi connectivity index (χ1v) is 4.31. The van der Waals surface area contributed by atoms with Crippen LogP contribution in [0.5, 0.6) is 0 Å². The summed E-state index contributed by atoms with van der Waals surface area (Å²) in [4.78, 5) is 6.82. The van der Waals surface area contributed by atoms with Gasteiger partial charge in [0.15, 0.2) is 0 Å². The van der Waals surface area contributed by atoms with E-state index in [2.05, 4.69) is 36.8 Å². The number of pyridine rings is 1. The van der Waals surface area contributed by atoms with Crippen LogP contribution in [-0.4, -0.2) is 16.9 Å². The number of aromatic nitrogens is 1. The zero-order valence-corrected chi connectivity index (χ0v) is 7.89. The summed E-state index contributed by atoms with van der Waals surface area (Å²) in [6, 6.07) is 2.16. The van der Waals surface area contributed by atoms with Gasteiger partial charge < -0.3 is 0 Å². The summed E-state index contributed by atoms with van der Waals surface area (Å²) < 4.78 is 0. The number of hydrogen-bond donors (Lipinski definition) is 0. The van der Waals surface area contributed by atoms with Gasteiger partial charge in [-0.1, -0.05) is 0 Å². The van der Waals surface area contributed by atoms with Gasteiger partial charge >= 0.3 is 0 Å². The van der Waals surface area contributed by atoms with Crippen LogP contribution in [0, 0.1) is 13.8 Å². The third kappa shape index (κ3) is 1.12. The van der Waals surface area contributed by atoms with Gasteiger partial charge in [-0.25, -0.2) is 0 Å². The standard InChI is InChI=1S/C10H14N2/c1-7-4-8(2)11-10-6-12(3)5-9(7)10/h4H,5-6H2,1-3H3. The Balaban J connectivity index is 2.52. The van der Waals surface area contributed by atoms with Crippen molar-refractivity contribution in [2.45, 2.75) is 26.9 Å². The zero-order chi connectivity index (χ0) is 8.72. The lowest BCUT2D eigenvalue weighted by atomic mass is 10.1. The minimum Gasteiger partial charge on any atom is -0.296 e. The number of aryl methyl sites for hydroxylation is 2. The molecule has 1 aromatic heterocycles. The van der Waals surface area contributed by atoms with E-state index in [9.17, 15) is 0 Å². The monoisotopic (exact) mass is 162 g/mol. The van der Waals surface area contributed by atoms with Crippen LogP contribution in [0.15, 0.2) is 6.07 Å². The molecular formula is C10H14N2. The van der Waals surface area contributed by atoms with Gasteiger partial charge in [-0.2, -0.15) is 0 Å². The number of fused-ring (bicyclic) bond motifs is 1. The molecule has 0 aromatic carbocycles. The molecule has 2 heterocycles. The number of rotatable bonds is 0. The van der Waals surface area contributed by atoms with Crippen LogP contribution in [0.25, 0.3) is 0 Å². The molecule has 1 aliphatic heterocycles. The van der Waals surface area contributed by atoms with E-state index in [1.54, 1.807) is 0 Å². The van der Waals surface area contributed by atoms with Crippen molar-refractivity contribution in [1.29, 1.82) is 0 Å². The molecular weight excluding hydrogens is 148 g/mol. The number of hydrogen-bond acceptors (Lipinski definition) is 2. The van der Waals surface area contributed by atoms with Gasteiger partial charge in [-0.15, -0.1) is 0 Å². The van der Waals surface area contributed by atoms with Gasteiger partial charge in [0.05, 0.1) is 5.69 Å². The molecule has 2 nitrogen and oxygen atoms in total. The van der Waals surface area contributed by atoms with E-state index in [1.165, 1.54) is 16.8 Å². The zero-order valence-electron chi connectivity index (χ0n) is 7.89. The summed E-state index contributed by atoms with van der Waals surface area (Å²) in [5.74, 6) is 0. The average molecular weight is 162 g/mol. The van der Waals surface area contributed by atoms with Crippen molar-refractivity contribution in [3.63, 3.8) is 0 Å². The first kappa shape index (κ1) is 7.74. The highest BCUT2D eigenvalue weighted by molar-refractivity contribution is 5.33. The van der Waals surface area contributed by atoms with E-state index in [0.29, 0.717) is 0 Å². The molecule has 64 valence electrons. The summed E-state index contributed by atoms with van der Waals surface area (Å²) in [7, 11) is 2.14. The Morgan fingerprint density at radius 1 is 1.33 bits per heavy atom. The molecule has 0 saturated carbocycles. The topological polar surface area (TPSA) is 16.1 Å². The molecule has 0 spiro atoms. The SMILES string of the molecule is Cc1cc(C)c2c(n1)CN(C)C2. The summed E-state index contributed by atoms with van der Waals surface area (Å²) >= 11 is 0. The van der Waals surface area contributed by atoms with Crippen LogP contribution in [-0.2, 0) is 13.1 Å². The molecule has 0 radical (unpaired) electrons. The third-order valence-electron chi connectivity index (χ3n) is 2.41. The van der Waals surface area contributed by atoms with Gasteiger partial charge in [0.2, 0.25) is 0 Å². The lowest BCUT2D eigenvalue weighted by molar-refractivity contribution is 0.351. The van der Waals surface area contributed by atoms with Crippen molar-refractivity contribution in [3.8, 4) is 0 Å². The molecule has 0 fully saturated rings. The maximum Gasteiger partial charge on any atom is 0.0594 e. The lowest BCUT2D eigenvalue weighted by Gasteiger charge is -2.03. The number of nitrogens with zero attached hydrogens (tertiary/aromatic N) is 2. The molecule has 12 heavy (non-hydrogen) atoms. The van der Waals surface area contributed by atoms with Crippen LogP contribution in [0.3, 0.4) is 0 Å². The normalized spacial score (nSPS) is 16.6. The minimum atomic E-state index is 1.01. The Kier molecular flexibility index (Phi) is 1.65. The van der Waals surface area contributed by atoms with Crippen molar-refractivity contribution in [1.82, 2.24) is 9.88 Å². The van der Waals surface area contributed by atoms with Crippen molar-refractivity contribution >= 4 is 0 Å². The Morgan fingerprint density at radius 3 is 2.83 bits per heavy atom. The molecule has 2 heteroatoms. The maximum atomic E-state index is 4.52. The van der Waals surface area contributed by atoms with E-state index in [4.69, 9.17) is 0 Å². The van der Waals surface area contributed by atoms with Crippen molar-refractivity contribution in [2.75, 3.05) is 7.05 Å². The first-order valence-electron chi connectivity index (χ1n) is 4.31. The molecule has 0 aliphatic carbocycles. The smallest absolute Gasteiger partial charge is 0.0594 e. The van der Waals surface area contributed by atoms with E-state index >= 15 is 0 Å². The highest BCUT2D eigenvalue weighted by Gasteiger charge is 2.18. The van der Waals surface area contributed by atoms with E-state index in [1.807, 2.05) is 0 Å². The molecule has 1 aromatic rings.